The van der Waals surface area contributed by atoms with Crippen LogP contribution in [0.5, 0.6) is 0 Å². The highest BCUT2D eigenvalue weighted by Gasteiger charge is 2.32. The number of carbonyl (C=O) groups excluding carboxylic acids is 2. The van der Waals surface area contributed by atoms with Gasteiger partial charge in [0.15, 0.2) is 0 Å². The van der Waals surface area contributed by atoms with Crippen molar-refractivity contribution in [2.45, 2.75) is 25.9 Å². The minimum atomic E-state index is -3.88. The van der Waals surface area contributed by atoms with Crippen molar-refractivity contribution in [3.63, 3.8) is 0 Å². The Morgan fingerprint density at radius 1 is 1.06 bits per heavy atom. The Bertz CT molecular complexity index is 1210. The number of para-hydroxylation sites is 1. The fourth-order valence-corrected chi connectivity index (χ4v) is 4.54. The molecule has 3 rings (SSSR count). The van der Waals surface area contributed by atoms with Crippen LogP contribution < -0.4 is 14.9 Å². The van der Waals surface area contributed by atoms with E-state index in [1.165, 1.54) is 18.4 Å². The number of nitrogens with one attached hydrogen (secondary N) is 2. The molecular weight excluding hydrogens is 449 g/mol. The van der Waals surface area contributed by atoms with Crippen molar-refractivity contribution in [1.82, 2.24) is 5.32 Å². The highest BCUT2D eigenvalue weighted by Crippen LogP contribution is 2.24. The van der Waals surface area contributed by atoms with Crippen LogP contribution in [0.1, 0.15) is 29.5 Å². The second-order valence-electron chi connectivity index (χ2n) is 7.26. The number of carbonyl (C=O) groups is 2. The van der Waals surface area contributed by atoms with Crippen molar-refractivity contribution in [3.05, 3.63) is 84.1 Å². The zero-order valence-corrected chi connectivity index (χ0v) is 18.9. The number of sulfonamides is 1. The number of furan rings is 1. The summed E-state index contributed by atoms with van der Waals surface area (Å²) < 4.78 is 44.6. The Kier molecular flexibility index (Phi) is 7.49. The fraction of sp³-hybridized carbons (Fsp3) is 0.217. The molecule has 2 amide bonds. The fourth-order valence-electron chi connectivity index (χ4n) is 3.33. The molecule has 174 valence electrons. The Hall–Kier alpha value is -3.66. The number of halogens is 1. The first-order valence-corrected chi connectivity index (χ1v) is 12.0. The summed E-state index contributed by atoms with van der Waals surface area (Å²) in [6.45, 7) is 1.83. The smallest absolute Gasteiger partial charge is 0.253 e. The lowest BCUT2D eigenvalue weighted by molar-refractivity contribution is -0.117. The molecule has 33 heavy (non-hydrogen) atoms. The van der Waals surface area contributed by atoms with E-state index in [1.54, 1.807) is 43.3 Å². The van der Waals surface area contributed by atoms with Crippen LogP contribution in [-0.4, -0.2) is 32.5 Å². The van der Waals surface area contributed by atoms with E-state index in [0.717, 1.165) is 22.7 Å². The molecule has 8 nitrogen and oxygen atoms in total. The molecule has 3 aromatic rings. The van der Waals surface area contributed by atoms with E-state index in [1.807, 2.05) is 0 Å². The second-order valence-corrected chi connectivity index (χ2v) is 9.12. The molecule has 0 bridgehead atoms. The summed E-state index contributed by atoms with van der Waals surface area (Å²) >= 11 is 0. The Labute approximate surface area is 191 Å². The van der Waals surface area contributed by atoms with Gasteiger partial charge in [0.1, 0.15) is 17.6 Å². The molecule has 1 atom stereocenters. The van der Waals surface area contributed by atoms with E-state index in [0.29, 0.717) is 5.76 Å². The number of anilines is 2. The van der Waals surface area contributed by atoms with Crippen molar-refractivity contribution >= 4 is 33.2 Å². The summed E-state index contributed by atoms with van der Waals surface area (Å²) in [4.78, 5) is 25.8. The minimum absolute atomic E-state index is 0.142. The summed E-state index contributed by atoms with van der Waals surface area (Å²) in [6, 6.07) is 13.5. The number of hydrogen-bond acceptors (Lipinski definition) is 5. The molecule has 0 aliphatic rings. The number of benzene rings is 2. The topological polar surface area (TPSA) is 109 Å². The van der Waals surface area contributed by atoms with Crippen molar-refractivity contribution in [2.75, 3.05) is 15.9 Å². The largest absolute Gasteiger partial charge is 0.467 e. The van der Waals surface area contributed by atoms with Gasteiger partial charge >= 0.3 is 0 Å². The number of hydrogen-bond donors (Lipinski definition) is 2. The van der Waals surface area contributed by atoms with E-state index >= 15 is 0 Å². The Morgan fingerprint density at radius 2 is 1.76 bits per heavy atom. The summed E-state index contributed by atoms with van der Waals surface area (Å²) in [7, 11) is -3.88. The highest BCUT2D eigenvalue weighted by molar-refractivity contribution is 7.92. The summed E-state index contributed by atoms with van der Waals surface area (Å²) in [6.07, 6.45) is 2.61. The standard InChI is InChI=1S/C23H24FN3O5S/c1-3-21(27(33(2,30)31)17-12-10-16(24)11-13-17)23(29)26-20-9-5-4-8-19(20)22(28)25-15-18-7-6-14-32-18/h4-14,21H,3,15H2,1-2H3,(H,25,28)(H,26,29)/t21-/m0/s1. The molecule has 1 heterocycles. The molecule has 0 radical (unpaired) electrons. The average molecular weight is 474 g/mol. The molecule has 10 heteroatoms. The Morgan fingerprint density at radius 3 is 2.36 bits per heavy atom. The molecule has 0 saturated heterocycles. The third kappa shape index (κ3) is 5.98. The lowest BCUT2D eigenvalue weighted by Crippen LogP contribution is -2.47. The third-order valence-corrected chi connectivity index (χ3v) is 6.02. The molecule has 0 aliphatic carbocycles. The van der Waals surface area contributed by atoms with E-state index < -0.39 is 33.7 Å². The van der Waals surface area contributed by atoms with Gasteiger partial charge in [-0.3, -0.25) is 13.9 Å². The summed E-state index contributed by atoms with van der Waals surface area (Å²) in [5.41, 5.74) is 0.593. The second kappa shape index (κ2) is 10.3. The van der Waals surface area contributed by atoms with E-state index in [2.05, 4.69) is 10.6 Å². The first kappa shape index (κ1) is 24.0. The minimum Gasteiger partial charge on any atom is -0.467 e. The Balaban J connectivity index is 1.84. The van der Waals surface area contributed by atoms with Crippen molar-refractivity contribution in [3.8, 4) is 0 Å². The monoisotopic (exact) mass is 473 g/mol. The molecule has 2 N–H and O–H groups in total. The normalized spacial score (nSPS) is 12.1. The maximum atomic E-state index is 13.4. The van der Waals surface area contributed by atoms with Crippen LogP contribution in [0.3, 0.4) is 0 Å². The molecule has 0 aliphatic heterocycles. The summed E-state index contributed by atoms with van der Waals surface area (Å²) in [5.74, 6) is -1.02. The molecule has 0 unspecified atom stereocenters. The van der Waals surface area contributed by atoms with Gasteiger partial charge in [0.25, 0.3) is 5.91 Å². The SMILES string of the molecule is CC[C@@H](C(=O)Nc1ccccc1C(=O)NCc1ccco1)N(c1ccc(F)cc1)S(C)(=O)=O. The molecule has 0 spiro atoms. The van der Waals surface area contributed by atoms with Crippen LogP contribution >= 0.6 is 0 Å². The lowest BCUT2D eigenvalue weighted by atomic mass is 10.1. The molecule has 1 aromatic heterocycles. The number of nitrogens with zero attached hydrogens (tertiary/aromatic N) is 1. The van der Waals surface area contributed by atoms with Crippen LogP contribution in [0.4, 0.5) is 15.8 Å². The van der Waals surface area contributed by atoms with Crippen LogP contribution in [0, 0.1) is 5.82 Å². The van der Waals surface area contributed by atoms with E-state index in [9.17, 15) is 22.4 Å². The van der Waals surface area contributed by atoms with Crippen LogP contribution in [-0.2, 0) is 21.4 Å². The van der Waals surface area contributed by atoms with Crippen molar-refractivity contribution in [2.24, 2.45) is 0 Å². The van der Waals surface area contributed by atoms with Crippen molar-refractivity contribution < 1.29 is 26.8 Å². The van der Waals surface area contributed by atoms with Gasteiger partial charge in [-0.15, -0.1) is 0 Å². The summed E-state index contributed by atoms with van der Waals surface area (Å²) in [5, 5.41) is 5.38. The molecule has 0 saturated carbocycles. The first-order valence-electron chi connectivity index (χ1n) is 10.2. The maximum Gasteiger partial charge on any atom is 0.253 e. The van der Waals surface area contributed by atoms with Crippen molar-refractivity contribution in [1.29, 1.82) is 0 Å². The van der Waals surface area contributed by atoms with Gasteiger partial charge in [-0.25, -0.2) is 12.8 Å². The predicted octanol–water partition coefficient (Wildman–Crippen LogP) is 3.53. The molecular formula is C23H24FN3O5S. The maximum absolute atomic E-state index is 13.4. The van der Waals surface area contributed by atoms with E-state index in [4.69, 9.17) is 4.42 Å². The first-order chi connectivity index (χ1) is 15.7. The quantitative estimate of drug-likeness (QED) is 0.494. The van der Waals surface area contributed by atoms with Gasteiger partial charge in [0.05, 0.1) is 36.0 Å². The third-order valence-electron chi connectivity index (χ3n) is 4.84. The van der Waals surface area contributed by atoms with Gasteiger partial charge in [-0.2, -0.15) is 0 Å². The molecule has 2 aromatic carbocycles. The zero-order valence-electron chi connectivity index (χ0n) is 18.1. The highest BCUT2D eigenvalue weighted by atomic mass is 32.2. The van der Waals surface area contributed by atoms with Gasteiger partial charge in [0, 0.05) is 0 Å². The lowest BCUT2D eigenvalue weighted by Gasteiger charge is -2.30. The predicted molar refractivity (Wildman–Crippen MR) is 123 cm³/mol. The van der Waals surface area contributed by atoms with Gasteiger partial charge < -0.3 is 15.1 Å². The van der Waals surface area contributed by atoms with Gasteiger partial charge in [0.2, 0.25) is 15.9 Å². The zero-order chi connectivity index (χ0) is 24.0. The van der Waals surface area contributed by atoms with Crippen LogP contribution in [0.25, 0.3) is 0 Å². The number of rotatable bonds is 9. The van der Waals surface area contributed by atoms with E-state index in [-0.39, 0.29) is 29.9 Å². The van der Waals surface area contributed by atoms with Crippen LogP contribution in [0.2, 0.25) is 0 Å². The average Bonchev–Trinajstić information content (AvgIpc) is 3.30. The van der Waals surface area contributed by atoms with Gasteiger partial charge in [-0.1, -0.05) is 19.1 Å². The van der Waals surface area contributed by atoms with Gasteiger partial charge in [-0.05, 0) is 55.0 Å². The van der Waals surface area contributed by atoms with Crippen LogP contribution in [0.15, 0.2) is 71.3 Å². The number of amides is 2. The molecule has 0 fully saturated rings.